The Balaban J connectivity index is 1.70. The van der Waals surface area contributed by atoms with Crippen molar-refractivity contribution < 1.29 is 9.36 Å². The second kappa shape index (κ2) is 10.2. The number of allylic oxidation sites excluding steroid dienone is 4. The van der Waals surface area contributed by atoms with E-state index in [1.165, 1.54) is 0 Å². The fourth-order valence-corrected chi connectivity index (χ4v) is 7.80. The third-order valence-electron chi connectivity index (χ3n) is 6.38. The Morgan fingerprint density at radius 2 is 1.33 bits per heavy atom. The second-order valence-corrected chi connectivity index (χ2v) is 11.7. The molecule has 1 N–H and O–H groups in total. The van der Waals surface area contributed by atoms with Crippen molar-refractivity contribution in [2.24, 2.45) is 11.3 Å². The van der Waals surface area contributed by atoms with Gasteiger partial charge in [-0.05, 0) is 18.6 Å². The minimum absolute atomic E-state index is 0.0723. The first-order valence-electron chi connectivity index (χ1n) is 11.4. The maximum Gasteiger partial charge on any atom is 0.251 e. The lowest BCUT2D eigenvalue weighted by molar-refractivity contribution is 0.0932. The zero-order valence-corrected chi connectivity index (χ0v) is 19.8. The summed E-state index contributed by atoms with van der Waals surface area (Å²) in [5.41, 5.74) is 0.183. The topological polar surface area (TPSA) is 46.2 Å². The first-order valence-corrected chi connectivity index (χ1v) is 13.3. The first kappa shape index (κ1) is 23.0. The van der Waals surface area contributed by atoms with Crippen molar-refractivity contribution in [3.63, 3.8) is 0 Å². The molecule has 168 valence electrons. The van der Waals surface area contributed by atoms with Crippen LogP contribution in [0.1, 0.15) is 23.7 Å². The Bertz CT molecular complexity index is 1120. The maximum atomic E-state index is 14.8. The van der Waals surface area contributed by atoms with Gasteiger partial charge >= 0.3 is 0 Å². The van der Waals surface area contributed by atoms with Crippen LogP contribution in [-0.4, -0.2) is 18.6 Å². The van der Waals surface area contributed by atoms with Crippen LogP contribution in [0.5, 0.6) is 0 Å². The molecule has 33 heavy (non-hydrogen) atoms. The normalized spacial score (nSPS) is 15.7. The Hall–Kier alpha value is -3.16. The molecule has 0 heterocycles. The largest absolute Gasteiger partial charge is 0.351 e. The predicted molar refractivity (Wildman–Crippen MR) is 138 cm³/mol. The summed E-state index contributed by atoms with van der Waals surface area (Å²) >= 11 is 0. The lowest BCUT2D eigenvalue weighted by Gasteiger charge is -2.39. The maximum absolute atomic E-state index is 14.8. The summed E-state index contributed by atoms with van der Waals surface area (Å²) in [5.74, 6) is -0.0390. The van der Waals surface area contributed by atoms with Gasteiger partial charge in [0.25, 0.3) is 5.91 Å². The Kier molecular flexibility index (Phi) is 7.11. The molecule has 0 bridgehead atoms. The van der Waals surface area contributed by atoms with Crippen LogP contribution in [0.3, 0.4) is 0 Å². The van der Waals surface area contributed by atoms with Crippen LogP contribution in [0.25, 0.3) is 0 Å². The highest BCUT2D eigenvalue weighted by atomic mass is 31.2. The number of hydrogen-bond acceptors (Lipinski definition) is 2. The number of carbonyl (C=O) groups excluding carboxylic acids is 1. The summed E-state index contributed by atoms with van der Waals surface area (Å²) in [4.78, 5) is 12.9. The third-order valence-corrected chi connectivity index (χ3v) is 9.82. The first-order chi connectivity index (χ1) is 16.0. The lowest BCUT2D eigenvalue weighted by Crippen LogP contribution is -2.44. The standard InChI is InChI=1S/C29H30NO2P/c1-29(25-16-8-3-9-17-25,22-30-28(31)24-14-6-2-7-15-24)23-33(32,26-18-10-4-11-19-26)27-20-12-5-13-21-27/h2,4-21,25H,3,22-23H2,1H3,(H,30,31). The minimum Gasteiger partial charge on any atom is -0.351 e. The molecule has 0 aliphatic heterocycles. The molecule has 1 amide bonds. The average Bonchev–Trinajstić information content (AvgIpc) is 2.89. The monoisotopic (exact) mass is 455 g/mol. The summed E-state index contributed by atoms with van der Waals surface area (Å²) in [6.45, 7) is 2.56. The smallest absolute Gasteiger partial charge is 0.251 e. The van der Waals surface area contributed by atoms with Gasteiger partial charge in [0.15, 0.2) is 0 Å². The highest BCUT2D eigenvalue weighted by Crippen LogP contribution is 2.51. The summed E-state index contributed by atoms with van der Waals surface area (Å²) in [6.07, 6.45) is 10.0. The molecule has 0 saturated heterocycles. The van der Waals surface area contributed by atoms with Gasteiger partial charge in [-0.2, -0.15) is 0 Å². The molecule has 3 nitrogen and oxygen atoms in total. The van der Waals surface area contributed by atoms with Crippen LogP contribution in [0.4, 0.5) is 0 Å². The number of carbonyl (C=O) groups is 1. The Morgan fingerprint density at radius 3 is 1.85 bits per heavy atom. The molecule has 0 radical (unpaired) electrons. The number of nitrogens with one attached hydrogen (secondary N) is 1. The quantitative estimate of drug-likeness (QED) is 0.357. The van der Waals surface area contributed by atoms with E-state index in [1.807, 2.05) is 91.0 Å². The Labute approximate surface area is 196 Å². The van der Waals surface area contributed by atoms with Gasteiger partial charge in [-0.3, -0.25) is 4.79 Å². The predicted octanol–water partition coefficient (Wildman–Crippen LogP) is 5.57. The molecule has 0 aromatic heterocycles. The van der Waals surface area contributed by atoms with E-state index in [9.17, 15) is 9.36 Å². The van der Waals surface area contributed by atoms with Crippen molar-refractivity contribution >= 4 is 23.7 Å². The highest BCUT2D eigenvalue weighted by molar-refractivity contribution is 7.78. The van der Waals surface area contributed by atoms with Crippen molar-refractivity contribution in [3.8, 4) is 0 Å². The van der Waals surface area contributed by atoms with Gasteiger partial charge in [0, 0.05) is 40.2 Å². The fourth-order valence-electron chi connectivity index (χ4n) is 4.49. The molecule has 3 aromatic carbocycles. The zero-order valence-electron chi connectivity index (χ0n) is 18.9. The number of hydrogen-bond donors (Lipinski definition) is 1. The summed E-state index contributed by atoms with van der Waals surface area (Å²) in [5, 5.41) is 4.83. The minimum atomic E-state index is -2.96. The fraction of sp³-hybridized carbons (Fsp3) is 0.207. The van der Waals surface area contributed by atoms with E-state index >= 15 is 0 Å². The van der Waals surface area contributed by atoms with Crippen LogP contribution in [-0.2, 0) is 4.57 Å². The molecule has 4 rings (SSSR count). The van der Waals surface area contributed by atoms with E-state index < -0.39 is 12.6 Å². The van der Waals surface area contributed by atoms with Crippen molar-refractivity contribution in [1.82, 2.24) is 5.32 Å². The molecule has 0 saturated carbocycles. The van der Waals surface area contributed by atoms with Crippen LogP contribution >= 0.6 is 7.14 Å². The van der Waals surface area contributed by atoms with Gasteiger partial charge in [-0.15, -0.1) is 0 Å². The van der Waals surface area contributed by atoms with Gasteiger partial charge in [0.2, 0.25) is 0 Å². The summed E-state index contributed by atoms with van der Waals surface area (Å²) in [6, 6.07) is 28.8. The van der Waals surface area contributed by atoms with Gasteiger partial charge in [-0.25, -0.2) is 0 Å². The average molecular weight is 456 g/mol. The molecule has 0 spiro atoms. The van der Waals surface area contributed by atoms with Crippen LogP contribution < -0.4 is 15.9 Å². The molecular formula is C29H30NO2P. The molecule has 3 aromatic rings. The van der Waals surface area contributed by atoms with Gasteiger partial charge < -0.3 is 9.88 Å². The molecule has 1 unspecified atom stereocenters. The molecule has 0 fully saturated rings. The van der Waals surface area contributed by atoms with E-state index in [0.29, 0.717) is 18.3 Å². The summed E-state index contributed by atoms with van der Waals surface area (Å²) < 4.78 is 14.8. The van der Waals surface area contributed by atoms with Gasteiger partial charge in [-0.1, -0.05) is 110 Å². The second-order valence-electron chi connectivity index (χ2n) is 8.89. The lowest BCUT2D eigenvalue weighted by atomic mass is 9.76. The van der Waals surface area contributed by atoms with E-state index in [-0.39, 0.29) is 11.8 Å². The number of amides is 1. The molecule has 4 heteroatoms. The van der Waals surface area contributed by atoms with Crippen molar-refractivity contribution in [1.29, 1.82) is 0 Å². The number of benzene rings is 3. The summed E-state index contributed by atoms with van der Waals surface area (Å²) in [7, 11) is -2.96. The number of rotatable bonds is 8. The van der Waals surface area contributed by atoms with Crippen LogP contribution in [0, 0.1) is 11.3 Å². The van der Waals surface area contributed by atoms with Crippen LogP contribution in [0.2, 0.25) is 0 Å². The van der Waals surface area contributed by atoms with Crippen molar-refractivity contribution in [2.75, 3.05) is 12.7 Å². The zero-order chi connectivity index (χ0) is 23.2. The van der Waals surface area contributed by atoms with E-state index in [1.54, 1.807) is 0 Å². The van der Waals surface area contributed by atoms with Gasteiger partial charge in [0.05, 0.1) is 0 Å². The van der Waals surface area contributed by atoms with Crippen LogP contribution in [0.15, 0.2) is 115 Å². The highest BCUT2D eigenvalue weighted by Gasteiger charge is 2.41. The molecule has 1 atom stereocenters. The Morgan fingerprint density at radius 1 is 0.848 bits per heavy atom. The molecule has 1 aliphatic rings. The molecule has 1 aliphatic carbocycles. The van der Waals surface area contributed by atoms with E-state index in [0.717, 1.165) is 17.0 Å². The van der Waals surface area contributed by atoms with Crippen molar-refractivity contribution in [3.05, 3.63) is 121 Å². The van der Waals surface area contributed by atoms with Crippen molar-refractivity contribution in [2.45, 2.75) is 13.3 Å². The SMILES string of the molecule is CC(CNC(=O)c1ccccc1)(CP(=O)(c1ccccc1)c1ccccc1)C1C=CCC=C1. The van der Waals surface area contributed by atoms with Gasteiger partial charge in [0.1, 0.15) is 7.14 Å². The molecular weight excluding hydrogens is 425 g/mol. The third kappa shape index (κ3) is 5.26. The van der Waals surface area contributed by atoms with E-state index in [2.05, 4.69) is 36.5 Å². The van der Waals surface area contributed by atoms with E-state index in [4.69, 9.17) is 0 Å².